The molecule has 0 saturated carbocycles. The summed E-state index contributed by atoms with van der Waals surface area (Å²) in [4.78, 5) is 13.0. The van der Waals surface area contributed by atoms with Gasteiger partial charge in [-0.25, -0.2) is 0 Å². The standard InChI is InChI=1S/C11H20F3NO3/c1-3-5-15(8-10(16)18-4-2)6-7-17-9-11(12,13)14/h3-9H2,1-2H3. The fraction of sp³-hybridized carbons (Fsp3) is 0.909. The summed E-state index contributed by atoms with van der Waals surface area (Å²) in [6.07, 6.45) is -3.50. The van der Waals surface area contributed by atoms with E-state index in [4.69, 9.17) is 4.74 Å². The summed E-state index contributed by atoms with van der Waals surface area (Å²) >= 11 is 0. The molecule has 0 bridgehead atoms. The third-order valence-electron chi connectivity index (χ3n) is 2.02. The molecule has 0 aromatic carbocycles. The molecule has 0 radical (unpaired) electrons. The molecule has 108 valence electrons. The molecule has 0 aliphatic heterocycles. The van der Waals surface area contributed by atoms with Crippen molar-refractivity contribution < 1.29 is 27.4 Å². The quantitative estimate of drug-likeness (QED) is 0.474. The fourth-order valence-corrected chi connectivity index (χ4v) is 1.36. The highest BCUT2D eigenvalue weighted by Crippen LogP contribution is 2.14. The molecule has 0 N–H and O–H groups in total. The summed E-state index contributed by atoms with van der Waals surface area (Å²) in [5, 5.41) is 0. The Kier molecular flexibility index (Phi) is 8.74. The van der Waals surface area contributed by atoms with Gasteiger partial charge in [0.25, 0.3) is 0 Å². The van der Waals surface area contributed by atoms with Crippen LogP contribution in [0, 0.1) is 0 Å². The number of alkyl halides is 3. The second-order valence-electron chi connectivity index (χ2n) is 3.75. The van der Waals surface area contributed by atoms with Crippen molar-refractivity contribution in [3.8, 4) is 0 Å². The van der Waals surface area contributed by atoms with Crippen molar-refractivity contribution in [1.82, 2.24) is 4.90 Å². The topological polar surface area (TPSA) is 38.8 Å². The second-order valence-corrected chi connectivity index (χ2v) is 3.75. The first-order chi connectivity index (χ1) is 8.39. The van der Waals surface area contributed by atoms with Crippen LogP contribution in [0.25, 0.3) is 0 Å². The molecule has 0 atom stereocenters. The first kappa shape index (κ1) is 17.2. The van der Waals surface area contributed by atoms with Crippen LogP contribution in [0.2, 0.25) is 0 Å². The Morgan fingerprint density at radius 2 is 1.89 bits per heavy atom. The van der Waals surface area contributed by atoms with Gasteiger partial charge in [0.05, 0.1) is 19.8 Å². The second kappa shape index (κ2) is 9.16. The van der Waals surface area contributed by atoms with Crippen LogP contribution in [-0.2, 0) is 14.3 Å². The lowest BCUT2D eigenvalue weighted by Crippen LogP contribution is -2.35. The first-order valence-electron chi connectivity index (χ1n) is 5.91. The van der Waals surface area contributed by atoms with Gasteiger partial charge in [0, 0.05) is 6.54 Å². The van der Waals surface area contributed by atoms with Crippen molar-refractivity contribution in [2.45, 2.75) is 26.4 Å². The van der Waals surface area contributed by atoms with E-state index in [2.05, 4.69) is 4.74 Å². The van der Waals surface area contributed by atoms with Gasteiger partial charge in [-0.1, -0.05) is 6.92 Å². The third-order valence-corrected chi connectivity index (χ3v) is 2.02. The van der Waals surface area contributed by atoms with E-state index < -0.39 is 12.8 Å². The summed E-state index contributed by atoms with van der Waals surface area (Å²) in [6.45, 7) is 3.59. The molecule has 0 aromatic heterocycles. The summed E-state index contributed by atoms with van der Waals surface area (Å²) in [5.74, 6) is -0.373. The monoisotopic (exact) mass is 271 g/mol. The minimum absolute atomic E-state index is 0.0566. The predicted molar refractivity (Wildman–Crippen MR) is 60.2 cm³/mol. The Morgan fingerprint density at radius 1 is 1.22 bits per heavy atom. The van der Waals surface area contributed by atoms with E-state index in [9.17, 15) is 18.0 Å². The summed E-state index contributed by atoms with van der Waals surface area (Å²) in [6, 6.07) is 0. The first-order valence-corrected chi connectivity index (χ1v) is 5.91. The van der Waals surface area contributed by atoms with E-state index in [0.717, 1.165) is 6.42 Å². The molecule has 0 aromatic rings. The van der Waals surface area contributed by atoms with Crippen LogP contribution in [0.5, 0.6) is 0 Å². The lowest BCUT2D eigenvalue weighted by Gasteiger charge is -2.20. The number of esters is 1. The van der Waals surface area contributed by atoms with Gasteiger partial charge in [-0.15, -0.1) is 0 Å². The lowest BCUT2D eigenvalue weighted by molar-refractivity contribution is -0.175. The van der Waals surface area contributed by atoms with E-state index >= 15 is 0 Å². The molecule has 0 fully saturated rings. The molecule has 0 rings (SSSR count). The van der Waals surface area contributed by atoms with Gasteiger partial charge in [0.1, 0.15) is 6.61 Å². The average molecular weight is 271 g/mol. The van der Waals surface area contributed by atoms with Gasteiger partial charge >= 0.3 is 12.1 Å². The van der Waals surface area contributed by atoms with Crippen molar-refractivity contribution in [3.63, 3.8) is 0 Å². The Morgan fingerprint density at radius 3 is 2.39 bits per heavy atom. The Hall–Kier alpha value is -0.820. The molecule has 0 spiro atoms. The Bertz CT molecular complexity index is 234. The maximum Gasteiger partial charge on any atom is 0.411 e. The number of hydrogen-bond donors (Lipinski definition) is 0. The summed E-state index contributed by atoms with van der Waals surface area (Å²) < 4.78 is 44.8. The highest BCUT2D eigenvalue weighted by molar-refractivity contribution is 5.71. The summed E-state index contributed by atoms with van der Waals surface area (Å²) in [7, 11) is 0. The van der Waals surface area contributed by atoms with Crippen molar-refractivity contribution in [2.75, 3.05) is 39.5 Å². The summed E-state index contributed by atoms with van der Waals surface area (Å²) in [5.41, 5.74) is 0. The Labute approximate surface area is 105 Å². The van der Waals surface area contributed by atoms with Crippen LogP contribution in [0.1, 0.15) is 20.3 Å². The van der Waals surface area contributed by atoms with Gasteiger partial charge in [-0.2, -0.15) is 13.2 Å². The zero-order chi connectivity index (χ0) is 14.0. The molecule has 7 heteroatoms. The molecule has 0 heterocycles. The van der Waals surface area contributed by atoms with Crippen molar-refractivity contribution in [3.05, 3.63) is 0 Å². The van der Waals surface area contributed by atoms with Crippen LogP contribution in [0.4, 0.5) is 13.2 Å². The van der Waals surface area contributed by atoms with Gasteiger partial charge in [0.2, 0.25) is 0 Å². The molecule has 0 unspecified atom stereocenters. The molecular formula is C11H20F3NO3. The Balaban J connectivity index is 3.86. The van der Waals surface area contributed by atoms with E-state index in [1.807, 2.05) is 6.92 Å². The van der Waals surface area contributed by atoms with E-state index in [0.29, 0.717) is 13.2 Å². The SMILES string of the molecule is CCCN(CCOCC(F)(F)F)CC(=O)OCC. The molecule has 0 aliphatic carbocycles. The molecular weight excluding hydrogens is 251 g/mol. The van der Waals surface area contributed by atoms with Crippen LogP contribution < -0.4 is 0 Å². The minimum atomic E-state index is -4.31. The fourth-order valence-electron chi connectivity index (χ4n) is 1.36. The van der Waals surface area contributed by atoms with E-state index in [1.165, 1.54) is 0 Å². The van der Waals surface area contributed by atoms with Gasteiger partial charge in [0.15, 0.2) is 0 Å². The lowest BCUT2D eigenvalue weighted by atomic mass is 10.4. The zero-order valence-corrected chi connectivity index (χ0v) is 10.8. The predicted octanol–water partition coefficient (Wildman–Crippen LogP) is 1.84. The minimum Gasteiger partial charge on any atom is -0.465 e. The smallest absolute Gasteiger partial charge is 0.411 e. The highest BCUT2D eigenvalue weighted by Gasteiger charge is 2.27. The number of rotatable bonds is 9. The van der Waals surface area contributed by atoms with Crippen molar-refractivity contribution in [1.29, 1.82) is 0 Å². The van der Waals surface area contributed by atoms with Gasteiger partial charge in [-0.05, 0) is 19.9 Å². The largest absolute Gasteiger partial charge is 0.465 e. The molecule has 4 nitrogen and oxygen atoms in total. The number of ether oxygens (including phenoxy) is 2. The molecule has 0 aliphatic rings. The zero-order valence-electron chi connectivity index (χ0n) is 10.8. The van der Waals surface area contributed by atoms with Crippen LogP contribution in [0.15, 0.2) is 0 Å². The molecule has 18 heavy (non-hydrogen) atoms. The van der Waals surface area contributed by atoms with Crippen molar-refractivity contribution >= 4 is 5.97 Å². The van der Waals surface area contributed by atoms with Crippen LogP contribution >= 0.6 is 0 Å². The maximum atomic E-state index is 11.8. The number of carbonyl (C=O) groups excluding carboxylic acids is 1. The number of nitrogens with zero attached hydrogens (tertiary/aromatic N) is 1. The number of halogens is 3. The van der Waals surface area contributed by atoms with Crippen LogP contribution in [-0.4, -0.2) is 56.5 Å². The van der Waals surface area contributed by atoms with E-state index in [-0.39, 0.29) is 25.7 Å². The molecule has 0 saturated heterocycles. The van der Waals surface area contributed by atoms with Crippen LogP contribution in [0.3, 0.4) is 0 Å². The number of hydrogen-bond acceptors (Lipinski definition) is 4. The van der Waals surface area contributed by atoms with Gasteiger partial charge < -0.3 is 9.47 Å². The molecule has 0 amide bonds. The van der Waals surface area contributed by atoms with E-state index in [1.54, 1.807) is 11.8 Å². The average Bonchev–Trinajstić information content (AvgIpc) is 2.23. The highest BCUT2D eigenvalue weighted by atomic mass is 19.4. The van der Waals surface area contributed by atoms with Crippen molar-refractivity contribution in [2.24, 2.45) is 0 Å². The van der Waals surface area contributed by atoms with Gasteiger partial charge in [-0.3, -0.25) is 9.69 Å². The normalized spacial score (nSPS) is 11.9. The maximum absolute atomic E-state index is 11.8. The third kappa shape index (κ3) is 10.3. The number of carbonyl (C=O) groups is 1.